The third-order valence-electron chi connectivity index (χ3n) is 2.91. The third-order valence-corrected chi connectivity index (χ3v) is 3.37. The number of halogens is 1. The summed E-state index contributed by atoms with van der Waals surface area (Å²) in [5.74, 6) is 0.786. The van der Waals surface area contributed by atoms with E-state index in [-0.39, 0.29) is 0 Å². The van der Waals surface area contributed by atoms with Crippen molar-refractivity contribution in [3.05, 3.63) is 33.3 Å². The molecule has 1 aromatic rings. The van der Waals surface area contributed by atoms with Crippen LogP contribution >= 0.6 is 15.9 Å². The molecule has 0 amide bonds. The summed E-state index contributed by atoms with van der Waals surface area (Å²) < 4.78 is 1.19. The SMILES string of the molecule is CCC(C)Cc1c(C)cc(Br)cc1C. The van der Waals surface area contributed by atoms with Crippen molar-refractivity contribution in [1.29, 1.82) is 0 Å². The molecule has 0 aliphatic carbocycles. The Hall–Kier alpha value is -0.300. The Balaban J connectivity index is 2.96. The average Bonchev–Trinajstić information content (AvgIpc) is 2.10. The van der Waals surface area contributed by atoms with Crippen LogP contribution in [0.15, 0.2) is 16.6 Å². The Labute approximate surface area is 95.9 Å². The molecule has 1 aromatic carbocycles. The van der Waals surface area contributed by atoms with E-state index in [4.69, 9.17) is 0 Å². The fourth-order valence-corrected chi connectivity index (χ4v) is 2.44. The van der Waals surface area contributed by atoms with Crippen molar-refractivity contribution in [1.82, 2.24) is 0 Å². The number of benzene rings is 1. The second-order valence-corrected chi connectivity index (χ2v) is 5.15. The minimum atomic E-state index is 0.786. The van der Waals surface area contributed by atoms with Gasteiger partial charge in [0.2, 0.25) is 0 Å². The largest absolute Gasteiger partial charge is 0.0651 e. The highest BCUT2D eigenvalue weighted by atomic mass is 79.9. The first-order valence-electron chi connectivity index (χ1n) is 5.30. The van der Waals surface area contributed by atoms with Gasteiger partial charge in [-0.05, 0) is 55.0 Å². The fraction of sp³-hybridized carbons (Fsp3) is 0.538. The molecule has 0 heterocycles. The Morgan fingerprint density at radius 1 is 1.21 bits per heavy atom. The highest BCUT2D eigenvalue weighted by Crippen LogP contribution is 2.23. The highest BCUT2D eigenvalue weighted by Gasteiger charge is 2.07. The van der Waals surface area contributed by atoms with Crippen molar-refractivity contribution in [2.75, 3.05) is 0 Å². The second-order valence-electron chi connectivity index (χ2n) is 4.24. The van der Waals surface area contributed by atoms with Crippen molar-refractivity contribution >= 4 is 15.9 Å². The minimum absolute atomic E-state index is 0.786. The molecule has 0 saturated heterocycles. The van der Waals surface area contributed by atoms with E-state index in [1.807, 2.05) is 0 Å². The Morgan fingerprint density at radius 2 is 1.71 bits per heavy atom. The van der Waals surface area contributed by atoms with Gasteiger partial charge in [0, 0.05) is 4.47 Å². The molecule has 0 aromatic heterocycles. The van der Waals surface area contributed by atoms with Gasteiger partial charge in [-0.1, -0.05) is 36.2 Å². The van der Waals surface area contributed by atoms with Crippen LogP contribution in [-0.4, -0.2) is 0 Å². The molecule has 0 fully saturated rings. The maximum atomic E-state index is 3.53. The lowest BCUT2D eigenvalue weighted by Crippen LogP contribution is -2.02. The molecule has 1 unspecified atom stereocenters. The predicted molar refractivity (Wildman–Crippen MR) is 66.8 cm³/mol. The maximum Gasteiger partial charge on any atom is 0.0180 e. The van der Waals surface area contributed by atoms with Gasteiger partial charge in [0.1, 0.15) is 0 Å². The summed E-state index contributed by atoms with van der Waals surface area (Å²) in [6.07, 6.45) is 2.47. The molecule has 1 atom stereocenters. The van der Waals surface area contributed by atoms with Gasteiger partial charge < -0.3 is 0 Å². The average molecular weight is 255 g/mol. The van der Waals surface area contributed by atoms with Crippen molar-refractivity contribution in [2.24, 2.45) is 5.92 Å². The smallest absolute Gasteiger partial charge is 0.0180 e. The summed E-state index contributed by atoms with van der Waals surface area (Å²) in [6.45, 7) is 8.99. The van der Waals surface area contributed by atoms with Gasteiger partial charge in [-0.3, -0.25) is 0 Å². The van der Waals surface area contributed by atoms with Crippen LogP contribution in [0.3, 0.4) is 0 Å². The van der Waals surface area contributed by atoms with Gasteiger partial charge in [0.05, 0.1) is 0 Å². The van der Waals surface area contributed by atoms with E-state index in [0.29, 0.717) is 0 Å². The van der Waals surface area contributed by atoms with Crippen LogP contribution in [0.2, 0.25) is 0 Å². The number of hydrogen-bond acceptors (Lipinski definition) is 0. The first-order valence-corrected chi connectivity index (χ1v) is 6.09. The molecule has 0 spiro atoms. The van der Waals surface area contributed by atoms with E-state index in [2.05, 4.69) is 55.8 Å². The molecule has 0 bridgehead atoms. The lowest BCUT2D eigenvalue weighted by molar-refractivity contribution is 0.557. The van der Waals surface area contributed by atoms with Crippen LogP contribution in [0, 0.1) is 19.8 Å². The lowest BCUT2D eigenvalue weighted by atomic mass is 9.92. The highest BCUT2D eigenvalue weighted by molar-refractivity contribution is 9.10. The fourth-order valence-electron chi connectivity index (χ4n) is 1.76. The molecule has 1 rings (SSSR count). The van der Waals surface area contributed by atoms with Gasteiger partial charge in [-0.2, -0.15) is 0 Å². The minimum Gasteiger partial charge on any atom is -0.0651 e. The zero-order chi connectivity index (χ0) is 10.7. The standard InChI is InChI=1S/C13H19Br/c1-5-9(2)6-13-10(3)7-12(14)8-11(13)4/h7-9H,5-6H2,1-4H3. The van der Waals surface area contributed by atoms with Crippen LogP contribution in [0.5, 0.6) is 0 Å². The van der Waals surface area contributed by atoms with E-state index in [1.165, 1.54) is 34.0 Å². The molecule has 0 saturated carbocycles. The van der Waals surface area contributed by atoms with Crippen LogP contribution in [-0.2, 0) is 6.42 Å². The predicted octanol–water partition coefficient (Wildman–Crippen LogP) is 4.65. The molecule has 0 radical (unpaired) electrons. The normalized spacial score (nSPS) is 12.9. The van der Waals surface area contributed by atoms with Crippen molar-refractivity contribution in [3.63, 3.8) is 0 Å². The summed E-state index contributed by atoms with van der Waals surface area (Å²) in [7, 11) is 0. The topological polar surface area (TPSA) is 0 Å². The quantitative estimate of drug-likeness (QED) is 0.737. The zero-order valence-corrected chi connectivity index (χ0v) is 11.1. The van der Waals surface area contributed by atoms with Gasteiger partial charge in [-0.25, -0.2) is 0 Å². The molecule has 0 nitrogen and oxygen atoms in total. The molecule has 1 heteroatoms. The van der Waals surface area contributed by atoms with E-state index < -0.39 is 0 Å². The van der Waals surface area contributed by atoms with Crippen LogP contribution in [0.4, 0.5) is 0 Å². The zero-order valence-electron chi connectivity index (χ0n) is 9.52. The summed E-state index contributed by atoms with van der Waals surface area (Å²) in [4.78, 5) is 0. The second kappa shape index (κ2) is 4.97. The van der Waals surface area contributed by atoms with Crippen LogP contribution in [0.25, 0.3) is 0 Å². The van der Waals surface area contributed by atoms with Gasteiger partial charge in [0.25, 0.3) is 0 Å². The first kappa shape index (κ1) is 11.8. The number of rotatable bonds is 3. The first-order chi connectivity index (χ1) is 6.54. The van der Waals surface area contributed by atoms with Crippen molar-refractivity contribution < 1.29 is 0 Å². The van der Waals surface area contributed by atoms with E-state index in [9.17, 15) is 0 Å². The lowest BCUT2D eigenvalue weighted by Gasteiger charge is -2.14. The molecule has 0 aliphatic rings. The third kappa shape index (κ3) is 2.84. The summed E-state index contributed by atoms with van der Waals surface area (Å²) in [6, 6.07) is 4.43. The van der Waals surface area contributed by atoms with Crippen LogP contribution in [0.1, 0.15) is 37.0 Å². The summed E-state index contributed by atoms with van der Waals surface area (Å²) >= 11 is 3.53. The number of hydrogen-bond donors (Lipinski definition) is 0. The molecule has 0 aliphatic heterocycles. The van der Waals surface area contributed by atoms with E-state index in [1.54, 1.807) is 0 Å². The molecule has 14 heavy (non-hydrogen) atoms. The molecule has 0 N–H and O–H groups in total. The maximum absolute atomic E-state index is 3.53. The Kier molecular flexibility index (Phi) is 4.18. The van der Waals surface area contributed by atoms with E-state index in [0.717, 1.165) is 5.92 Å². The van der Waals surface area contributed by atoms with Crippen molar-refractivity contribution in [2.45, 2.75) is 40.5 Å². The number of aryl methyl sites for hydroxylation is 2. The molecule has 78 valence electrons. The summed E-state index contributed by atoms with van der Waals surface area (Å²) in [5.41, 5.74) is 4.36. The Morgan fingerprint density at radius 3 is 2.14 bits per heavy atom. The summed E-state index contributed by atoms with van der Waals surface area (Å²) in [5, 5.41) is 0. The Bertz CT molecular complexity index is 292. The molecular formula is C13H19Br. The van der Waals surface area contributed by atoms with Crippen molar-refractivity contribution in [3.8, 4) is 0 Å². The van der Waals surface area contributed by atoms with Gasteiger partial charge in [0.15, 0.2) is 0 Å². The molecular weight excluding hydrogens is 236 g/mol. The van der Waals surface area contributed by atoms with Crippen LogP contribution < -0.4 is 0 Å². The monoisotopic (exact) mass is 254 g/mol. The van der Waals surface area contributed by atoms with E-state index >= 15 is 0 Å². The van der Waals surface area contributed by atoms with Gasteiger partial charge in [-0.15, -0.1) is 0 Å². The van der Waals surface area contributed by atoms with Gasteiger partial charge >= 0.3 is 0 Å².